The average Bonchev–Trinajstić information content (AvgIpc) is 3.13. The number of H-pyrrole nitrogens is 1. The molecular formula is C22H26F3N5O4. The molecule has 2 fully saturated rings. The van der Waals surface area contributed by atoms with E-state index in [1.54, 1.807) is 6.07 Å². The summed E-state index contributed by atoms with van der Waals surface area (Å²) < 4.78 is 43.2. The maximum absolute atomic E-state index is 12.6. The topological polar surface area (TPSA) is 129 Å². The summed E-state index contributed by atoms with van der Waals surface area (Å²) in [4.78, 5) is 27.6. The van der Waals surface area contributed by atoms with Crippen LogP contribution in [0, 0.1) is 11.8 Å². The molecule has 0 aromatic carbocycles. The molecule has 2 saturated carbocycles. The third-order valence-corrected chi connectivity index (χ3v) is 6.26. The van der Waals surface area contributed by atoms with E-state index < -0.39 is 23.9 Å². The van der Waals surface area contributed by atoms with Gasteiger partial charge in [-0.1, -0.05) is 6.07 Å². The molecule has 4 N–H and O–H groups in total. The van der Waals surface area contributed by atoms with Crippen molar-refractivity contribution in [3.63, 3.8) is 0 Å². The molecule has 12 heteroatoms. The molecular weight excluding hydrogens is 455 g/mol. The number of pyridine rings is 1. The predicted octanol–water partition coefficient (Wildman–Crippen LogP) is 3.00. The number of halogens is 3. The number of alkyl carbamates (subject to hydrolysis) is 1. The number of ether oxygens (including phenoxy) is 1. The summed E-state index contributed by atoms with van der Waals surface area (Å²) in [6.45, 7) is 0.650. The second kappa shape index (κ2) is 10.00. The Morgan fingerprint density at radius 2 is 2.03 bits per heavy atom. The third kappa shape index (κ3) is 6.25. The van der Waals surface area contributed by atoms with Gasteiger partial charge < -0.3 is 20.5 Å². The number of nitrogens with one attached hydrogen (secondary N) is 3. The molecule has 0 saturated heterocycles. The highest BCUT2D eigenvalue weighted by molar-refractivity contribution is 5.91. The number of nitrogens with zero attached hydrogens (tertiary/aromatic N) is 2. The van der Waals surface area contributed by atoms with Crippen molar-refractivity contribution in [1.29, 1.82) is 0 Å². The minimum Gasteiger partial charge on any atom is -0.446 e. The van der Waals surface area contributed by atoms with Crippen molar-refractivity contribution in [2.75, 3.05) is 18.5 Å². The molecule has 0 radical (unpaired) electrons. The summed E-state index contributed by atoms with van der Waals surface area (Å²) in [5.41, 5.74) is 0.147. The monoisotopic (exact) mass is 481 g/mol. The van der Waals surface area contributed by atoms with Crippen molar-refractivity contribution >= 4 is 17.8 Å². The summed E-state index contributed by atoms with van der Waals surface area (Å²) in [6.07, 6.45) is -1.25. The normalized spacial score (nSPS) is 24.0. The van der Waals surface area contributed by atoms with Crippen LogP contribution in [-0.4, -0.2) is 51.5 Å². The van der Waals surface area contributed by atoms with Crippen LogP contribution in [0.2, 0.25) is 0 Å². The van der Waals surface area contributed by atoms with Gasteiger partial charge in [0.1, 0.15) is 11.8 Å². The van der Waals surface area contributed by atoms with Gasteiger partial charge >= 0.3 is 12.3 Å². The number of rotatable bonds is 8. The van der Waals surface area contributed by atoms with Crippen LogP contribution in [-0.2, 0) is 22.1 Å². The van der Waals surface area contributed by atoms with E-state index in [1.165, 1.54) is 6.07 Å². The van der Waals surface area contributed by atoms with E-state index in [4.69, 9.17) is 9.84 Å². The van der Waals surface area contributed by atoms with Gasteiger partial charge in [-0.3, -0.25) is 14.9 Å². The largest absolute Gasteiger partial charge is 0.446 e. The Labute approximate surface area is 193 Å². The van der Waals surface area contributed by atoms with Gasteiger partial charge in [0.05, 0.1) is 6.42 Å². The number of aliphatic hydroxyl groups is 1. The minimum atomic E-state index is -4.53. The third-order valence-electron chi connectivity index (χ3n) is 6.26. The van der Waals surface area contributed by atoms with Crippen molar-refractivity contribution < 1.29 is 32.6 Å². The second-order valence-electron chi connectivity index (χ2n) is 8.84. The first kappa shape index (κ1) is 24.0. The first-order chi connectivity index (χ1) is 16.2. The van der Waals surface area contributed by atoms with Gasteiger partial charge in [0, 0.05) is 37.0 Å². The Hall–Kier alpha value is -3.15. The number of aromatic amines is 1. The molecule has 0 aliphatic heterocycles. The average molecular weight is 481 g/mol. The summed E-state index contributed by atoms with van der Waals surface area (Å²) in [5, 5.41) is 21.4. The van der Waals surface area contributed by atoms with E-state index in [1.807, 2.05) is 0 Å². The molecule has 34 heavy (non-hydrogen) atoms. The van der Waals surface area contributed by atoms with Crippen molar-refractivity contribution in [2.24, 2.45) is 11.8 Å². The fourth-order valence-corrected chi connectivity index (χ4v) is 4.20. The molecule has 9 nitrogen and oxygen atoms in total. The number of hydrogen-bond acceptors (Lipinski definition) is 6. The highest BCUT2D eigenvalue weighted by Gasteiger charge is 2.37. The molecule has 0 unspecified atom stereocenters. The molecule has 0 bridgehead atoms. The Morgan fingerprint density at radius 1 is 1.21 bits per heavy atom. The van der Waals surface area contributed by atoms with E-state index in [-0.39, 0.29) is 31.0 Å². The van der Waals surface area contributed by atoms with Crippen LogP contribution >= 0.6 is 0 Å². The van der Waals surface area contributed by atoms with E-state index >= 15 is 0 Å². The number of aromatic nitrogens is 3. The lowest BCUT2D eigenvalue weighted by molar-refractivity contribution is -0.141. The number of aliphatic hydroxyl groups excluding tert-OH is 1. The summed E-state index contributed by atoms with van der Waals surface area (Å²) in [6, 6.07) is 3.76. The van der Waals surface area contributed by atoms with E-state index in [0.29, 0.717) is 36.7 Å². The first-order valence-electron chi connectivity index (χ1n) is 11.1. The lowest BCUT2D eigenvalue weighted by Crippen LogP contribution is -2.30. The maximum atomic E-state index is 12.6. The quantitative estimate of drug-likeness (QED) is 0.459. The number of anilines is 1. The number of carbonyl (C=O) groups is 2. The zero-order chi connectivity index (χ0) is 24.3. The van der Waals surface area contributed by atoms with Crippen LogP contribution in [0.15, 0.2) is 24.4 Å². The lowest BCUT2D eigenvalue weighted by atomic mass is 10.0. The van der Waals surface area contributed by atoms with E-state index in [9.17, 15) is 22.8 Å². The Bertz CT molecular complexity index is 1010. The SMILES string of the molecule is O=C(Cc1ccc(C(F)(F)F)nc1)Nc1cc([C@@H]2CC[C@H](OC(=O)NC[C@H]3C[C@@H]3CO)C2)[nH]n1. The van der Waals surface area contributed by atoms with Crippen LogP contribution in [0.5, 0.6) is 0 Å². The molecule has 184 valence electrons. The smallest absolute Gasteiger partial charge is 0.433 e. The molecule has 2 aliphatic rings. The summed E-state index contributed by atoms with van der Waals surface area (Å²) in [7, 11) is 0. The van der Waals surface area contributed by atoms with Crippen molar-refractivity contribution in [2.45, 2.75) is 50.3 Å². The lowest BCUT2D eigenvalue weighted by Gasteiger charge is -2.13. The van der Waals surface area contributed by atoms with Gasteiger partial charge in [0.15, 0.2) is 5.82 Å². The van der Waals surface area contributed by atoms with Gasteiger partial charge in [0.25, 0.3) is 0 Å². The highest BCUT2D eigenvalue weighted by Crippen LogP contribution is 2.38. The standard InChI is InChI=1S/C22H26F3N5O4/c23-22(24,25)18-4-1-12(9-26-18)5-20(32)28-19-8-17(29-30-19)13-2-3-16(7-13)34-21(33)27-10-14-6-15(14)11-31/h1,4,8-9,13-16,31H,2-3,5-7,10-11H2,(H,27,33)(H2,28,29,30,32)/t13-,14-,15-,16+/m1/s1. The predicted molar refractivity (Wildman–Crippen MR) is 114 cm³/mol. The zero-order valence-electron chi connectivity index (χ0n) is 18.3. The Kier molecular flexibility index (Phi) is 7.05. The highest BCUT2D eigenvalue weighted by atomic mass is 19.4. The second-order valence-corrected chi connectivity index (χ2v) is 8.84. The maximum Gasteiger partial charge on any atom is 0.433 e. The Morgan fingerprint density at radius 3 is 2.71 bits per heavy atom. The van der Waals surface area contributed by atoms with Crippen LogP contribution < -0.4 is 10.6 Å². The zero-order valence-corrected chi connectivity index (χ0v) is 18.3. The van der Waals surface area contributed by atoms with E-state index in [0.717, 1.165) is 30.8 Å². The van der Waals surface area contributed by atoms with Crippen molar-refractivity contribution in [3.8, 4) is 0 Å². The number of amides is 2. The molecule has 0 spiro atoms. The summed E-state index contributed by atoms with van der Waals surface area (Å²) in [5.74, 6) is 0.575. The van der Waals surface area contributed by atoms with Gasteiger partial charge in [-0.05, 0) is 49.1 Å². The van der Waals surface area contributed by atoms with Gasteiger partial charge in [-0.15, -0.1) is 0 Å². The van der Waals surface area contributed by atoms with Gasteiger partial charge in [0.2, 0.25) is 5.91 Å². The number of alkyl halides is 3. The molecule has 2 heterocycles. The summed E-state index contributed by atoms with van der Waals surface area (Å²) >= 11 is 0. The molecule has 2 aromatic heterocycles. The Balaban J connectivity index is 1.21. The van der Waals surface area contributed by atoms with Crippen molar-refractivity contribution in [3.05, 3.63) is 41.3 Å². The van der Waals surface area contributed by atoms with Gasteiger partial charge in [-0.25, -0.2) is 4.79 Å². The fraction of sp³-hybridized carbons (Fsp3) is 0.545. The fourth-order valence-electron chi connectivity index (χ4n) is 4.20. The minimum absolute atomic E-state index is 0.0947. The molecule has 2 aromatic rings. The molecule has 4 atom stereocenters. The molecule has 2 amide bonds. The molecule has 4 rings (SSSR count). The van der Waals surface area contributed by atoms with E-state index in [2.05, 4.69) is 25.8 Å². The van der Waals surface area contributed by atoms with Crippen molar-refractivity contribution in [1.82, 2.24) is 20.5 Å². The van der Waals surface area contributed by atoms with Crippen LogP contribution in [0.1, 0.15) is 48.6 Å². The van der Waals surface area contributed by atoms with Crippen LogP contribution in [0.3, 0.4) is 0 Å². The van der Waals surface area contributed by atoms with Crippen LogP contribution in [0.4, 0.5) is 23.8 Å². The van der Waals surface area contributed by atoms with Gasteiger partial charge in [-0.2, -0.15) is 18.3 Å². The van der Waals surface area contributed by atoms with Crippen LogP contribution in [0.25, 0.3) is 0 Å². The number of carbonyl (C=O) groups excluding carboxylic acids is 2. The first-order valence-corrected chi connectivity index (χ1v) is 11.1. The number of hydrogen-bond donors (Lipinski definition) is 4. The molecule has 2 aliphatic carbocycles.